The maximum atomic E-state index is 5.90. The molecule has 0 saturated heterocycles. The first kappa shape index (κ1) is 21.9. The quantitative estimate of drug-likeness (QED) is 0.498. The molecule has 1 heterocycles. The lowest BCUT2D eigenvalue weighted by Crippen LogP contribution is -2.24. The van der Waals surface area contributed by atoms with Crippen LogP contribution in [0.4, 0.5) is 0 Å². The largest absolute Gasteiger partial charge is 0.496 e. The van der Waals surface area contributed by atoms with Crippen LogP contribution in [0.5, 0.6) is 5.75 Å². The number of aromatic nitrogens is 1. The highest BCUT2D eigenvalue weighted by molar-refractivity contribution is 5.73. The zero-order valence-electron chi connectivity index (χ0n) is 18.1. The van der Waals surface area contributed by atoms with Gasteiger partial charge in [-0.1, -0.05) is 44.2 Å². The Labute approximate surface area is 170 Å². The molecule has 1 aromatic heterocycles. The highest BCUT2D eigenvalue weighted by Gasteiger charge is 2.21. The fourth-order valence-corrected chi connectivity index (χ4v) is 3.86. The maximum absolute atomic E-state index is 5.90. The lowest BCUT2D eigenvalue weighted by Gasteiger charge is -2.24. The van der Waals surface area contributed by atoms with E-state index in [1.807, 2.05) is 12.2 Å². The van der Waals surface area contributed by atoms with E-state index in [1.54, 1.807) is 7.11 Å². The fraction of sp³-hybridized carbons (Fsp3) is 0.400. The average Bonchev–Trinajstić information content (AvgIpc) is 2.70. The zero-order valence-corrected chi connectivity index (χ0v) is 18.1. The van der Waals surface area contributed by atoms with Crippen molar-refractivity contribution >= 4 is 0 Å². The predicted octanol–water partition coefficient (Wildman–Crippen LogP) is 5.67. The second-order valence-corrected chi connectivity index (χ2v) is 7.11. The van der Waals surface area contributed by atoms with Crippen LogP contribution in [0.1, 0.15) is 41.8 Å². The van der Waals surface area contributed by atoms with Crippen LogP contribution < -0.4 is 4.74 Å². The molecule has 2 aromatic rings. The van der Waals surface area contributed by atoms with E-state index in [0.717, 1.165) is 60.7 Å². The minimum absolute atomic E-state index is 0.761. The molecule has 0 unspecified atom stereocenters. The Hall–Kier alpha value is -2.39. The van der Waals surface area contributed by atoms with Gasteiger partial charge < -0.3 is 4.74 Å². The minimum atomic E-state index is 0.761. The molecule has 1 aromatic carbocycles. The lowest BCUT2D eigenvalue weighted by atomic mass is 9.91. The van der Waals surface area contributed by atoms with Gasteiger partial charge in [-0.25, -0.2) is 0 Å². The van der Waals surface area contributed by atoms with Crippen molar-refractivity contribution in [3.8, 4) is 17.0 Å². The number of methoxy groups -OCH3 is 1. The summed E-state index contributed by atoms with van der Waals surface area (Å²) in [6, 6.07) is 6.57. The highest BCUT2D eigenvalue weighted by Crippen LogP contribution is 2.37. The van der Waals surface area contributed by atoms with Gasteiger partial charge in [-0.3, -0.25) is 9.88 Å². The zero-order chi connectivity index (χ0) is 20.7. The number of ether oxygens (including phenoxy) is 1. The van der Waals surface area contributed by atoms with Crippen molar-refractivity contribution in [1.82, 2.24) is 9.88 Å². The topological polar surface area (TPSA) is 25.4 Å². The van der Waals surface area contributed by atoms with E-state index in [1.165, 1.54) is 16.7 Å². The molecule has 0 saturated carbocycles. The normalized spacial score (nSPS) is 10.9. The van der Waals surface area contributed by atoms with Crippen LogP contribution in [-0.4, -0.2) is 30.1 Å². The summed E-state index contributed by atoms with van der Waals surface area (Å²) in [6.07, 6.45) is 5.82. The van der Waals surface area contributed by atoms with E-state index < -0.39 is 0 Å². The predicted molar refractivity (Wildman–Crippen MR) is 120 cm³/mol. The van der Waals surface area contributed by atoms with E-state index in [2.05, 4.69) is 64.0 Å². The molecule has 0 aliphatic rings. The molecule has 150 valence electrons. The van der Waals surface area contributed by atoms with E-state index in [4.69, 9.17) is 9.72 Å². The van der Waals surface area contributed by atoms with Crippen molar-refractivity contribution in [3.05, 3.63) is 71.5 Å². The first-order valence-electron chi connectivity index (χ1n) is 10.1. The third-order valence-electron chi connectivity index (χ3n) is 5.28. The van der Waals surface area contributed by atoms with Gasteiger partial charge in [-0.2, -0.15) is 0 Å². The number of hydrogen-bond acceptors (Lipinski definition) is 3. The molecule has 3 heteroatoms. The summed E-state index contributed by atoms with van der Waals surface area (Å²) in [6.45, 7) is 18.7. The standard InChI is InChI=1S/C25H34N2O/c1-8-15-27(16-9-2)17-22-19(6)26-24(18(5)25(22)28-7)23-20(10-3)13-12-14-21(23)11-4/h8-9,12-14H,1-2,10-11,15-17H2,3-7H3. The van der Waals surface area contributed by atoms with Crippen LogP contribution >= 0.6 is 0 Å². The Bertz CT molecular complexity index is 807. The number of rotatable bonds is 10. The van der Waals surface area contributed by atoms with Crippen molar-refractivity contribution < 1.29 is 4.74 Å². The Morgan fingerprint density at radius 1 is 1.04 bits per heavy atom. The maximum Gasteiger partial charge on any atom is 0.130 e. The molecule has 0 fully saturated rings. The third kappa shape index (κ3) is 4.53. The van der Waals surface area contributed by atoms with Crippen LogP contribution in [0, 0.1) is 13.8 Å². The summed E-state index contributed by atoms with van der Waals surface area (Å²) in [5, 5.41) is 0. The SMILES string of the molecule is C=CCN(CC=C)Cc1c(C)nc(-c2c(CC)cccc2CC)c(C)c1OC. The average molecular weight is 379 g/mol. The molecule has 0 N–H and O–H groups in total. The number of nitrogens with zero attached hydrogens (tertiary/aromatic N) is 2. The van der Waals surface area contributed by atoms with Crippen molar-refractivity contribution in [1.29, 1.82) is 0 Å². The molecule has 0 aliphatic heterocycles. The summed E-state index contributed by atoms with van der Waals surface area (Å²) in [5.41, 5.74) is 8.26. The van der Waals surface area contributed by atoms with Crippen molar-refractivity contribution in [2.75, 3.05) is 20.2 Å². The van der Waals surface area contributed by atoms with Gasteiger partial charge >= 0.3 is 0 Å². The second kappa shape index (κ2) is 10.2. The molecule has 0 radical (unpaired) electrons. The monoisotopic (exact) mass is 378 g/mol. The lowest BCUT2D eigenvalue weighted by molar-refractivity contribution is 0.315. The second-order valence-electron chi connectivity index (χ2n) is 7.11. The summed E-state index contributed by atoms with van der Waals surface area (Å²) >= 11 is 0. The Balaban J connectivity index is 2.65. The molecule has 0 atom stereocenters. The summed E-state index contributed by atoms with van der Waals surface area (Å²) < 4.78 is 5.90. The van der Waals surface area contributed by atoms with Gasteiger partial charge in [-0.15, -0.1) is 13.2 Å². The van der Waals surface area contributed by atoms with Crippen LogP contribution in [0.2, 0.25) is 0 Å². The fourth-order valence-electron chi connectivity index (χ4n) is 3.86. The van der Waals surface area contributed by atoms with E-state index >= 15 is 0 Å². The number of hydrogen-bond donors (Lipinski definition) is 0. The van der Waals surface area contributed by atoms with Gasteiger partial charge in [0.2, 0.25) is 0 Å². The third-order valence-corrected chi connectivity index (χ3v) is 5.28. The van der Waals surface area contributed by atoms with E-state index in [-0.39, 0.29) is 0 Å². The number of benzene rings is 1. The Kier molecular flexibility index (Phi) is 8.01. The van der Waals surface area contributed by atoms with Gasteiger partial charge in [-0.05, 0) is 37.8 Å². The minimum Gasteiger partial charge on any atom is -0.496 e. The molecule has 2 rings (SSSR count). The van der Waals surface area contributed by atoms with Crippen LogP contribution in [0.25, 0.3) is 11.3 Å². The summed E-state index contributed by atoms with van der Waals surface area (Å²) in [5.74, 6) is 0.939. The molecule has 28 heavy (non-hydrogen) atoms. The Morgan fingerprint density at radius 2 is 1.61 bits per heavy atom. The highest BCUT2D eigenvalue weighted by atomic mass is 16.5. The molecule has 3 nitrogen and oxygen atoms in total. The number of aryl methyl sites for hydroxylation is 3. The summed E-state index contributed by atoms with van der Waals surface area (Å²) in [7, 11) is 1.76. The first-order valence-corrected chi connectivity index (χ1v) is 10.1. The van der Waals surface area contributed by atoms with Crippen molar-refractivity contribution in [3.63, 3.8) is 0 Å². The summed E-state index contributed by atoms with van der Waals surface area (Å²) in [4.78, 5) is 7.36. The smallest absolute Gasteiger partial charge is 0.130 e. The van der Waals surface area contributed by atoms with Crippen LogP contribution in [0.3, 0.4) is 0 Å². The van der Waals surface area contributed by atoms with Crippen LogP contribution in [-0.2, 0) is 19.4 Å². The molecular formula is C25H34N2O. The van der Waals surface area contributed by atoms with Crippen LogP contribution in [0.15, 0.2) is 43.5 Å². The number of pyridine rings is 1. The van der Waals surface area contributed by atoms with Crippen molar-refractivity contribution in [2.45, 2.75) is 47.1 Å². The van der Waals surface area contributed by atoms with Gasteiger partial charge in [0.1, 0.15) is 5.75 Å². The first-order chi connectivity index (χ1) is 13.5. The van der Waals surface area contributed by atoms with Gasteiger partial charge in [0.25, 0.3) is 0 Å². The molecule has 0 spiro atoms. The van der Waals surface area contributed by atoms with Gasteiger partial charge in [0.05, 0.1) is 12.8 Å². The molecule has 0 bridgehead atoms. The molecular weight excluding hydrogens is 344 g/mol. The van der Waals surface area contributed by atoms with E-state index in [0.29, 0.717) is 0 Å². The molecule has 0 amide bonds. The van der Waals surface area contributed by atoms with Gasteiger partial charge in [0, 0.05) is 42.0 Å². The van der Waals surface area contributed by atoms with Crippen molar-refractivity contribution in [2.24, 2.45) is 0 Å². The molecule has 0 aliphatic carbocycles. The van der Waals surface area contributed by atoms with Gasteiger partial charge in [0.15, 0.2) is 0 Å². The Morgan fingerprint density at radius 3 is 2.07 bits per heavy atom. The van der Waals surface area contributed by atoms with E-state index in [9.17, 15) is 0 Å².